The van der Waals surface area contributed by atoms with Gasteiger partial charge in [-0.3, -0.25) is 10.00 Å². The Bertz CT molecular complexity index is 578. The van der Waals surface area contributed by atoms with Crippen LogP contribution in [-0.4, -0.2) is 46.7 Å². The maximum atomic E-state index is 4.32. The van der Waals surface area contributed by atoms with Crippen molar-refractivity contribution in [1.82, 2.24) is 20.0 Å². The van der Waals surface area contributed by atoms with Crippen molar-refractivity contribution in [2.75, 3.05) is 26.7 Å². The lowest BCUT2D eigenvalue weighted by Gasteiger charge is -2.21. The Morgan fingerprint density at radius 2 is 2.14 bits per heavy atom. The number of H-pyrrole nitrogens is 1. The number of nitrogens with one attached hydrogen (secondary N) is 1. The topological polar surface area (TPSA) is 35.2 Å². The average Bonchev–Trinajstić information content (AvgIpc) is 3.09. The lowest BCUT2D eigenvalue weighted by atomic mass is 10.1. The molecule has 1 fully saturated rings. The molecule has 22 heavy (non-hydrogen) atoms. The smallest absolute Gasteiger partial charge is 0.0764 e. The molecule has 1 saturated heterocycles. The predicted molar refractivity (Wildman–Crippen MR) is 89.5 cm³/mol. The molecule has 0 unspecified atom stereocenters. The van der Waals surface area contributed by atoms with Crippen LogP contribution in [0.5, 0.6) is 0 Å². The van der Waals surface area contributed by atoms with E-state index in [1.54, 1.807) is 0 Å². The maximum Gasteiger partial charge on any atom is 0.0764 e. The fourth-order valence-corrected chi connectivity index (χ4v) is 3.38. The Morgan fingerprint density at radius 1 is 1.32 bits per heavy atom. The number of hydrogen-bond acceptors (Lipinski definition) is 3. The normalized spacial score (nSPS) is 19.1. The highest BCUT2D eigenvalue weighted by Gasteiger charge is 2.23. The standard InChI is InChI=1S/C18H26N4/c1-15-10-18(20-19-15)14-21(2)11-17-8-9-22(13-17)12-16-6-4-3-5-7-16/h3-7,10,17H,8-9,11-14H2,1-2H3,(H,19,20)/t17-/m0/s1. The lowest BCUT2D eigenvalue weighted by molar-refractivity contribution is 0.253. The summed E-state index contributed by atoms with van der Waals surface area (Å²) < 4.78 is 0. The fourth-order valence-electron chi connectivity index (χ4n) is 3.38. The first-order valence-corrected chi connectivity index (χ1v) is 8.15. The molecule has 1 aliphatic heterocycles. The van der Waals surface area contributed by atoms with Gasteiger partial charge < -0.3 is 4.90 Å². The number of nitrogens with zero attached hydrogens (tertiary/aromatic N) is 3. The van der Waals surface area contributed by atoms with Gasteiger partial charge in [0.1, 0.15) is 0 Å². The third-order valence-electron chi connectivity index (χ3n) is 4.38. The van der Waals surface area contributed by atoms with Gasteiger partial charge in [-0.05, 0) is 44.5 Å². The first-order valence-electron chi connectivity index (χ1n) is 8.15. The minimum atomic E-state index is 0.772. The summed E-state index contributed by atoms with van der Waals surface area (Å²) in [5.41, 5.74) is 3.70. The van der Waals surface area contributed by atoms with E-state index in [1.807, 2.05) is 0 Å². The minimum Gasteiger partial charge on any atom is -0.300 e. The molecule has 4 nitrogen and oxygen atoms in total. The highest BCUT2D eigenvalue weighted by Crippen LogP contribution is 2.20. The Balaban J connectivity index is 1.44. The van der Waals surface area contributed by atoms with Crippen LogP contribution in [0.25, 0.3) is 0 Å². The summed E-state index contributed by atoms with van der Waals surface area (Å²) in [7, 11) is 2.20. The molecule has 118 valence electrons. The van der Waals surface area contributed by atoms with Gasteiger partial charge in [0.15, 0.2) is 0 Å². The average molecular weight is 298 g/mol. The van der Waals surface area contributed by atoms with E-state index in [0.717, 1.165) is 36.9 Å². The first kappa shape index (κ1) is 15.3. The van der Waals surface area contributed by atoms with Gasteiger partial charge in [0.25, 0.3) is 0 Å². The van der Waals surface area contributed by atoms with Gasteiger partial charge in [-0.1, -0.05) is 30.3 Å². The molecule has 1 aliphatic rings. The summed E-state index contributed by atoms with van der Waals surface area (Å²) in [4.78, 5) is 4.97. The van der Waals surface area contributed by atoms with Crippen LogP contribution >= 0.6 is 0 Å². The Morgan fingerprint density at radius 3 is 2.86 bits per heavy atom. The van der Waals surface area contributed by atoms with Crippen LogP contribution in [-0.2, 0) is 13.1 Å². The van der Waals surface area contributed by atoms with Crippen molar-refractivity contribution in [3.05, 3.63) is 53.3 Å². The third kappa shape index (κ3) is 4.18. The van der Waals surface area contributed by atoms with Crippen LogP contribution in [0.15, 0.2) is 36.4 Å². The quantitative estimate of drug-likeness (QED) is 0.890. The van der Waals surface area contributed by atoms with Crippen molar-refractivity contribution in [1.29, 1.82) is 0 Å². The Hall–Kier alpha value is -1.65. The summed E-state index contributed by atoms with van der Waals surface area (Å²) in [5.74, 6) is 0.772. The third-order valence-corrected chi connectivity index (χ3v) is 4.38. The van der Waals surface area contributed by atoms with E-state index >= 15 is 0 Å². The summed E-state index contributed by atoms with van der Waals surface area (Å²) in [6, 6.07) is 12.9. The van der Waals surface area contributed by atoms with E-state index in [4.69, 9.17) is 0 Å². The minimum absolute atomic E-state index is 0.772. The van der Waals surface area contributed by atoms with Gasteiger partial charge in [-0.25, -0.2) is 0 Å². The molecule has 3 rings (SSSR count). The monoisotopic (exact) mass is 298 g/mol. The van der Waals surface area contributed by atoms with E-state index in [0.29, 0.717) is 0 Å². The molecule has 0 spiro atoms. The number of likely N-dealkylation sites (tertiary alicyclic amines) is 1. The number of aromatic nitrogens is 2. The molecule has 2 aromatic rings. The van der Waals surface area contributed by atoms with Crippen LogP contribution in [0.1, 0.15) is 23.4 Å². The zero-order chi connectivity index (χ0) is 15.4. The van der Waals surface area contributed by atoms with E-state index in [2.05, 4.69) is 70.4 Å². The second kappa shape index (κ2) is 7.07. The molecule has 1 aromatic carbocycles. The van der Waals surface area contributed by atoms with Gasteiger partial charge in [0.05, 0.1) is 5.69 Å². The van der Waals surface area contributed by atoms with Crippen LogP contribution in [0.2, 0.25) is 0 Å². The summed E-state index contributed by atoms with van der Waals surface area (Å²) in [6.07, 6.45) is 1.30. The second-order valence-electron chi connectivity index (χ2n) is 6.61. The van der Waals surface area contributed by atoms with Gasteiger partial charge in [0.2, 0.25) is 0 Å². The molecule has 0 radical (unpaired) electrons. The molecule has 1 N–H and O–H groups in total. The van der Waals surface area contributed by atoms with Crippen molar-refractivity contribution in [2.24, 2.45) is 5.92 Å². The van der Waals surface area contributed by atoms with Crippen molar-refractivity contribution in [3.63, 3.8) is 0 Å². The Kier molecular flexibility index (Phi) is 4.90. The fraction of sp³-hybridized carbons (Fsp3) is 0.500. The van der Waals surface area contributed by atoms with Gasteiger partial charge in [-0.2, -0.15) is 5.10 Å². The molecular weight excluding hydrogens is 272 g/mol. The largest absolute Gasteiger partial charge is 0.300 e. The van der Waals surface area contributed by atoms with Gasteiger partial charge in [0, 0.05) is 31.9 Å². The highest BCUT2D eigenvalue weighted by atomic mass is 15.2. The van der Waals surface area contributed by atoms with Crippen molar-refractivity contribution >= 4 is 0 Å². The molecule has 1 aromatic heterocycles. The van der Waals surface area contributed by atoms with Crippen LogP contribution < -0.4 is 0 Å². The molecule has 2 heterocycles. The number of aryl methyl sites for hydroxylation is 1. The maximum absolute atomic E-state index is 4.32. The summed E-state index contributed by atoms with van der Waals surface area (Å²) in [6.45, 7) is 7.64. The van der Waals surface area contributed by atoms with Crippen molar-refractivity contribution in [2.45, 2.75) is 26.4 Å². The lowest BCUT2D eigenvalue weighted by Crippen LogP contribution is -2.28. The summed E-state index contributed by atoms with van der Waals surface area (Å²) in [5, 5.41) is 7.34. The van der Waals surface area contributed by atoms with E-state index in [9.17, 15) is 0 Å². The van der Waals surface area contributed by atoms with Crippen molar-refractivity contribution in [3.8, 4) is 0 Å². The predicted octanol–water partition coefficient (Wildman–Crippen LogP) is 2.67. The molecule has 4 heteroatoms. The molecule has 0 amide bonds. The van der Waals surface area contributed by atoms with E-state index < -0.39 is 0 Å². The molecule has 0 aliphatic carbocycles. The van der Waals surface area contributed by atoms with Crippen LogP contribution in [0.4, 0.5) is 0 Å². The van der Waals surface area contributed by atoms with Crippen molar-refractivity contribution < 1.29 is 0 Å². The van der Waals surface area contributed by atoms with E-state index in [-0.39, 0.29) is 0 Å². The first-order chi connectivity index (χ1) is 10.7. The van der Waals surface area contributed by atoms with Crippen LogP contribution in [0.3, 0.4) is 0 Å². The Labute approximate surface area is 133 Å². The second-order valence-corrected chi connectivity index (χ2v) is 6.61. The number of aromatic amines is 1. The molecule has 0 saturated carbocycles. The SMILES string of the molecule is Cc1cc(CN(C)C[C@@H]2CCN(Cc3ccccc3)C2)n[nH]1. The molecule has 0 bridgehead atoms. The highest BCUT2D eigenvalue weighted by molar-refractivity contribution is 5.14. The van der Waals surface area contributed by atoms with Gasteiger partial charge >= 0.3 is 0 Å². The molecular formula is C18H26N4. The van der Waals surface area contributed by atoms with E-state index in [1.165, 1.54) is 25.1 Å². The zero-order valence-electron chi connectivity index (χ0n) is 13.6. The zero-order valence-corrected chi connectivity index (χ0v) is 13.6. The number of benzene rings is 1. The van der Waals surface area contributed by atoms with Gasteiger partial charge in [-0.15, -0.1) is 0 Å². The number of hydrogen-bond donors (Lipinski definition) is 1. The number of rotatable bonds is 6. The molecule has 1 atom stereocenters. The summed E-state index contributed by atoms with van der Waals surface area (Å²) >= 11 is 0. The van der Waals surface area contributed by atoms with Crippen LogP contribution in [0, 0.1) is 12.8 Å².